The highest BCUT2D eigenvalue weighted by Crippen LogP contribution is 2.29. The summed E-state index contributed by atoms with van der Waals surface area (Å²) in [6, 6.07) is 5.91. The van der Waals surface area contributed by atoms with Crippen molar-refractivity contribution in [2.75, 3.05) is 5.73 Å². The molecule has 0 radical (unpaired) electrons. The Morgan fingerprint density at radius 2 is 2.24 bits per heavy atom. The van der Waals surface area contributed by atoms with Gasteiger partial charge in [-0.2, -0.15) is 5.10 Å². The number of ether oxygens (including phenoxy) is 1. The number of aromatic nitrogens is 2. The molecule has 0 saturated heterocycles. The van der Waals surface area contributed by atoms with Crippen molar-refractivity contribution in [3.63, 3.8) is 0 Å². The van der Waals surface area contributed by atoms with E-state index in [4.69, 9.17) is 10.5 Å². The number of nitrogens with two attached hydrogens (primary N) is 1. The lowest BCUT2D eigenvalue weighted by molar-refractivity contribution is 0.429. The van der Waals surface area contributed by atoms with E-state index in [1.54, 1.807) is 23.9 Å². The molecule has 1 aromatic heterocycles. The Bertz CT molecular complexity index is 537. The molecule has 2 aromatic rings. The van der Waals surface area contributed by atoms with E-state index in [-0.39, 0.29) is 5.82 Å². The molecule has 2 rings (SSSR count). The number of halogens is 1. The maximum absolute atomic E-state index is 13.0. The Morgan fingerprint density at radius 3 is 2.82 bits per heavy atom. The molecule has 4 nitrogen and oxygen atoms in total. The van der Waals surface area contributed by atoms with Gasteiger partial charge >= 0.3 is 0 Å². The molecule has 90 valence electrons. The SMILES string of the molecule is CCc1nn(C)c(Oc2cccc(F)c2)c1N. The first-order chi connectivity index (χ1) is 8.11. The highest BCUT2D eigenvalue weighted by atomic mass is 19.1. The first-order valence-corrected chi connectivity index (χ1v) is 5.36. The van der Waals surface area contributed by atoms with Crippen molar-refractivity contribution in [1.82, 2.24) is 9.78 Å². The van der Waals surface area contributed by atoms with Crippen LogP contribution in [-0.4, -0.2) is 9.78 Å². The number of hydrogen-bond acceptors (Lipinski definition) is 3. The van der Waals surface area contributed by atoms with Crippen molar-refractivity contribution < 1.29 is 9.13 Å². The molecule has 2 N–H and O–H groups in total. The highest BCUT2D eigenvalue weighted by molar-refractivity contribution is 5.54. The molecule has 0 aliphatic heterocycles. The van der Waals surface area contributed by atoms with Crippen LogP contribution in [0.25, 0.3) is 0 Å². The van der Waals surface area contributed by atoms with Crippen molar-refractivity contribution in [3.05, 3.63) is 35.8 Å². The van der Waals surface area contributed by atoms with E-state index < -0.39 is 0 Å². The maximum Gasteiger partial charge on any atom is 0.241 e. The summed E-state index contributed by atoms with van der Waals surface area (Å²) >= 11 is 0. The lowest BCUT2D eigenvalue weighted by Gasteiger charge is -2.06. The number of hydrogen-bond donors (Lipinski definition) is 1. The summed E-state index contributed by atoms with van der Waals surface area (Å²) in [5.41, 5.74) is 7.17. The van der Waals surface area contributed by atoms with Crippen LogP contribution < -0.4 is 10.5 Å². The second kappa shape index (κ2) is 4.45. The summed E-state index contributed by atoms with van der Waals surface area (Å²) in [5.74, 6) is 0.494. The van der Waals surface area contributed by atoms with E-state index in [2.05, 4.69) is 5.10 Å². The second-order valence-corrected chi connectivity index (χ2v) is 3.70. The van der Waals surface area contributed by atoms with Gasteiger partial charge < -0.3 is 10.5 Å². The third-order valence-electron chi connectivity index (χ3n) is 2.45. The lowest BCUT2D eigenvalue weighted by Crippen LogP contribution is -1.97. The van der Waals surface area contributed by atoms with Gasteiger partial charge in [0.25, 0.3) is 0 Å². The van der Waals surface area contributed by atoms with Crippen LogP contribution in [-0.2, 0) is 13.5 Å². The van der Waals surface area contributed by atoms with Crippen LogP contribution in [0, 0.1) is 5.82 Å². The summed E-state index contributed by atoms with van der Waals surface area (Å²) in [6.45, 7) is 1.96. The first kappa shape index (κ1) is 11.4. The molecule has 0 unspecified atom stereocenters. The molecule has 1 heterocycles. The Morgan fingerprint density at radius 1 is 1.47 bits per heavy atom. The summed E-state index contributed by atoms with van der Waals surface area (Å²) in [5, 5.41) is 4.22. The van der Waals surface area contributed by atoms with E-state index in [0.717, 1.165) is 12.1 Å². The average molecular weight is 235 g/mol. The average Bonchev–Trinajstić information content (AvgIpc) is 2.56. The van der Waals surface area contributed by atoms with Gasteiger partial charge in [0.15, 0.2) is 0 Å². The van der Waals surface area contributed by atoms with E-state index in [9.17, 15) is 4.39 Å². The van der Waals surface area contributed by atoms with Crippen molar-refractivity contribution in [2.24, 2.45) is 7.05 Å². The number of aryl methyl sites for hydroxylation is 2. The zero-order valence-corrected chi connectivity index (χ0v) is 9.77. The van der Waals surface area contributed by atoms with E-state index in [1.807, 2.05) is 6.92 Å². The van der Waals surface area contributed by atoms with E-state index >= 15 is 0 Å². The molecule has 0 atom stereocenters. The van der Waals surface area contributed by atoms with Gasteiger partial charge in [0.2, 0.25) is 5.88 Å². The van der Waals surface area contributed by atoms with Crippen LogP contribution >= 0.6 is 0 Å². The lowest BCUT2D eigenvalue weighted by atomic mass is 10.3. The van der Waals surface area contributed by atoms with Crippen molar-refractivity contribution in [1.29, 1.82) is 0 Å². The minimum Gasteiger partial charge on any atom is -0.437 e. The van der Waals surface area contributed by atoms with Crippen molar-refractivity contribution >= 4 is 5.69 Å². The van der Waals surface area contributed by atoms with Crippen LogP contribution in [0.3, 0.4) is 0 Å². The van der Waals surface area contributed by atoms with Gasteiger partial charge in [-0.15, -0.1) is 0 Å². The monoisotopic (exact) mass is 235 g/mol. The third kappa shape index (κ3) is 2.22. The highest BCUT2D eigenvalue weighted by Gasteiger charge is 2.14. The molecule has 17 heavy (non-hydrogen) atoms. The molecule has 0 bridgehead atoms. The predicted octanol–water partition coefficient (Wildman–Crippen LogP) is 2.50. The van der Waals surface area contributed by atoms with E-state index in [1.165, 1.54) is 12.1 Å². The smallest absolute Gasteiger partial charge is 0.241 e. The van der Waals surface area contributed by atoms with Crippen molar-refractivity contribution in [2.45, 2.75) is 13.3 Å². The number of benzene rings is 1. The van der Waals surface area contributed by atoms with Crippen LogP contribution in [0.4, 0.5) is 10.1 Å². The zero-order chi connectivity index (χ0) is 12.4. The molecule has 0 aliphatic carbocycles. The van der Waals surface area contributed by atoms with Gasteiger partial charge in [0, 0.05) is 13.1 Å². The maximum atomic E-state index is 13.0. The zero-order valence-electron chi connectivity index (χ0n) is 9.77. The second-order valence-electron chi connectivity index (χ2n) is 3.70. The standard InChI is InChI=1S/C12H14FN3O/c1-3-10-11(14)12(16(2)15-10)17-9-6-4-5-8(13)7-9/h4-7H,3,14H2,1-2H3. The number of anilines is 1. The van der Waals surface area contributed by atoms with Gasteiger partial charge in [-0.1, -0.05) is 13.0 Å². The Hall–Kier alpha value is -2.04. The van der Waals surface area contributed by atoms with Gasteiger partial charge in [0.05, 0.1) is 5.69 Å². The molecule has 1 aromatic carbocycles. The minimum absolute atomic E-state index is 0.348. The topological polar surface area (TPSA) is 53.1 Å². The fraction of sp³-hybridized carbons (Fsp3) is 0.250. The van der Waals surface area contributed by atoms with Gasteiger partial charge in [-0.25, -0.2) is 9.07 Å². The fourth-order valence-electron chi connectivity index (χ4n) is 1.60. The largest absolute Gasteiger partial charge is 0.437 e. The Balaban J connectivity index is 2.33. The first-order valence-electron chi connectivity index (χ1n) is 5.36. The number of rotatable bonds is 3. The quantitative estimate of drug-likeness (QED) is 0.889. The van der Waals surface area contributed by atoms with Crippen LogP contribution in [0.2, 0.25) is 0 Å². The summed E-state index contributed by atoms with van der Waals surface area (Å²) in [4.78, 5) is 0. The Kier molecular flexibility index (Phi) is 2.99. The van der Waals surface area contributed by atoms with Gasteiger partial charge in [-0.3, -0.25) is 0 Å². The van der Waals surface area contributed by atoms with Gasteiger partial charge in [-0.05, 0) is 18.6 Å². The van der Waals surface area contributed by atoms with Gasteiger partial charge in [0.1, 0.15) is 17.3 Å². The van der Waals surface area contributed by atoms with Crippen LogP contribution in [0.5, 0.6) is 11.6 Å². The van der Waals surface area contributed by atoms with Crippen LogP contribution in [0.15, 0.2) is 24.3 Å². The molecule has 0 amide bonds. The molecule has 0 spiro atoms. The fourth-order valence-corrected chi connectivity index (χ4v) is 1.60. The van der Waals surface area contributed by atoms with Crippen molar-refractivity contribution in [3.8, 4) is 11.6 Å². The third-order valence-corrected chi connectivity index (χ3v) is 2.45. The molecule has 5 heteroatoms. The molecular formula is C12H14FN3O. The Labute approximate surface area is 98.8 Å². The number of nitrogen functional groups attached to an aromatic ring is 1. The van der Waals surface area contributed by atoms with E-state index in [0.29, 0.717) is 17.3 Å². The molecule has 0 saturated carbocycles. The number of nitrogens with zero attached hydrogens (tertiary/aromatic N) is 2. The van der Waals surface area contributed by atoms with Crippen LogP contribution in [0.1, 0.15) is 12.6 Å². The summed E-state index contributed by atoms with van der Waals surface area (Å²) in [7, 11) is 1.74. The summed E-state index contributed by atoms with van der Waals surface area (Å²) in [6.07, 6.45) is 0.728. The molecule has 0 aliphatic rings. The predicted molar refractivity (Wildman–Crippen MR) is 63.5 cm³/mol. The summed E-state index contributed by atoms with van der Waals surface area (Å²) < 4.78 is 20.1. The normalized spacial score (nSPS) is 10.5. The molecule has 0 fully saturated rings. The molecular weight excluding hydrogens is 221 g/mol. The minimum atomic E-state index is -0.348.